The molecular weight excluding hydrogens is 515 g/mol. The molecule has 3 heterocycles. The molecule has 4 unspecified atom stereocenters. The van der Waals surface area contributed by atoms with Crippen LogP contribution in [0.25, 0.3) is 0 Å². The molecule has 38 heavy (non-hydrogen) atoms. The van der Waals surface area contributed by atoms with Gasteiger partial charge in [0.1, 0.15) is 36.4 Å². The number of hydrogen-bond acceptors (Lipinski definition) is 7. The van der Waals surface area contributed by atoms with E-state index in [0.29, 0.717) is 24.1 Å². The fourth-order valence-electron chi connectivity index (χ4n) is 4.40. The summed E-state index contributed by atoms with van der Waals surface area (Å²) in [6.45, 7) is 0.149. The number of aliphatic hydroxyl groups is 1. The quantitative estimate of drug-likeness (QED) is 0.410. The Balaban J connectivity index is 1.38. The minimum atomic E-state index is -4.64. The molecular formula is C24H27F5N6O3. The van der Waals surface area contributed by atoms with E-state index in [0.717, 1.165) is 24.3 Å². The third kappa shape index (κ3) is 6.48. The molecule has 1 aromatic heterocycles. The maximum absolute atomic E-state index is 14.0. The van der Waals surface area contributed by atoms with E-state index >= 15 is 0 Å². The lowest BCUT2D eigenvalue weighted by Gasteiger charge is -2.37. The summed E-state index contributed by atoms with van der Waals surface area (Å²) in [6.07, 6.45) is -2.56. The number of aliphatic hydroxyl groups excluding tert-OH is 1. The van der Waals surface area contributed by atoms with Crippen LogP contribution >= 0.6 is 0 Å². The summed E-state index contributed by atoms with van der Waals surface area (Å²) in [5.74, 6) is -1.24. The first-order chi connectivity index (χ1) is 18.0. The van der Waals surface area contributed by atoms with Crippen molar-refractivity contribution in [2.75, 3.05) is 19.7 Å². The molecule has 3 aliphatic rings. The highest BCUT2D eigenvalue weighted by molar-refractivity contribution is 5.82. The maximum Gasteiger partial charge on any atom is 0.433 e. The second-order valence-corrected chi connectivity index (χ2v) is 8.99. The number of carbonyl (C=O) groups excluding carboxylic acids is 1. The number of aromatic nitrogens is 1. The lowest BCUT2D eigenvalue weighted by Crippen LogP contribution is -2.52. The molecule has 206 valence electrons. The fraction of sp³-hybridized carbons (Fsp3) is 0.458. The molecule has 0 spiro atoms. The van der Waals surface area contributed by atoms with E-state index in [9.17, 15) is 31.9 Å². The highest BCUT2D eigenvalue weighted by Crippen LogP contribution is 2.30. The Kier molecular flexibility index (Phi) is 8.31. The molecule has 0 aromatic carbocycles. The molecule has 0 bridgehead atoms. The van der Waals surface area contributed by atoms with Gasteiger partial charge in [0.25, 0.3) is 0 Å². The zero-order valence-electron chi connectivity index (χ0n) is 20.0. The van der Waals surface area contributed by atoms with Gasteiger partial charge in [-0.1, -0.05) is 12.1 Å². The largest absolute Gasteiger partial charge is 0.475 e. The van der Waals surface area contributed by atoms with Crippen molar-refractivity contribution >= 4 is 12.2 Å². The zero-order valence-corrected chi connectivity index (χ0v) is 20.0. The van der Waals surface area contributed by atoms with Crippen molar-refractivity contribution < 1.29 is 36.6 Å². The average Bonchev–Trinajstić information content (AvgIpc) is 2.89. The van der Waals surface area contributed by atoms with Gasteiger partial charge in [0.15, 0.2) is 6.29 Å². The summed E-state index contributed by atoms with van der Waals surface area (Å²) in [5, 5.41) is 16.2. The van der Waals surface area contributed by atoms with Crippen molar-refractivity contribution in [2.45, 2.75) is 43.6 Å². The SMILES string of the molecule is NC1N=CC(C(O)COc2cccc(C(F)(F)F)n2)=C(C2CCN(C(=O)NC3C(F)=CC=CC3F)CC2)N1. The molecule has 2 amide bonds. The van der Waals surface area contributed by atoms with Crippen LogP contribution in [-0.2, 0) is 6.18 Å². The minimum absolute atomic E-state index is 0.170. The number of urea groups is 1. The summed E-state index contributed by atoms with van der Waals surface area (Å²) in [4.78, 5) is 21.5. The number of carbonyl (C=O) groups is 1. The Labute approximate surface area is 214 Å². The molecule has 0 radical (unpaired) electrons. The minimum Gasteiger partial charge on any atom is -0.475 e. The third-order valence-electron chi connectivity index (χ3n) is 6.39. The Bertz CT molecular complexity index is 1150. The van der Waals surface area contributed by atoms with Crippen LogP contribution in [0.4, 0.5) is 26.7 Å². The van der Waals surface area contributed by atoms with Crippen molar-refractivity contribution in [2.24, 2.45) is 16.6 Å². The van der Waals surface area contributed by atoms with Crippen molar-refractivity contribution in [1.29, 1.82) is 0 Å². The van der Waals surface area contributed by atoms with Gasteiger partial charge in [0, 0.05) is 42.6 Å². The molecule has 4 atom stereocenters. The molecule has 4 rings (SSSR count). The van der Waals surface area contributed by atoms with Gasteiger partial charge in [-0.15, -0.1) is 0 Å². The van der Waals surface area contributed by atoms with Gasteiger partial charge in [-0.25, -0.2) is 18.6 Å². The molecule has 1 fully saturated rings. The van der Waals surface area contributed by atoms with E-state index < -0.39 is 54.9 Å². The Morgan fingerprint density at radius 2 is 2.05 bits per heavy atom. The van der Waals surface area contributed by atoms with Gasteiger partial charge in [-0.2, -0.15) is 13.2 Å². The number of nitrogens with two attached hydrogens (primary N) is 1. The predicted octanol–water partition coefficient (Wildman–Crippen LogP) is 2.56. The topological polar surface area (TPSA) is 125 Å². The van der Waals surface area contributed by atoms with Gasteiger partial charge in [0.2, 0.25) is 5.88 Å². The third-order valence-corrected chi connectivity index (χ3v) is 6.39. The number of amides is 2. The molecule has 1 aliphatic carbocycles. The van der Waals surface area contributed by atoms with Crippen LogP contribution in [0, 0.1) is 5.92 Å². The molecule has 5 N–H and O–H groups in total. The van der Waals surface area contributed by atoms with Crippen LogP contribution in [0.3, 0.4) is 0 Å². The van der Waals surface area contributed by atoms with Crippen LogP contribution in [0.2, 0.25) is 0 Å². The van der Waals surface area contributed by atoms with Gasteiger partial charge in [-0.05, 0) is 31.1 Å². The molecule has 1 aromatic rings. The van der Waals surface area contributed by atoms with Crippen molar-refractivity contribution in [3.63, 3.8) is 0 Å². The van der Waals surface area contributed by atoms with Gasteiger partial charge < -0.3 is 25.4 Å². The number of rotatable bonds is 6. The number of ether oxygens (including phenoxy) is 1. The number of piperidine rings is 1. The summed E-state index contributed by atoms with van der Waals surface area (Å²) in [7, 11) is 0. The van der Waals surface area contributed by atoms with E-state index in [1.165, 1.54) is 23.3 Å². The number of likely N-dealkylation sites (tertiary alicyclic amines) is 1. The highest BCUT2D eigenvalue weighted by Gasteiger charge is 2.34. The number of alkyl halides is 4. The van der Waals surface area contributed by atoms with Crippen molar-refractivity contribution in [3.05, 3.63) is 59.2 Å². The standard InChI is InChI=1S/C24H27F5N6O3/c25-15-3-1-4-16(26)21(15)34-23(37)35-9-7-13(8-10-35)20-14(11-31-22(30)33-20)17(36)12-38-19-6-2-5-18(32-19)24(27,28)29/h1-6,11,13,15,17,21-22,33,36H,7-10,12,30H2,(H,34,37). The van der Waals surface area contributed by atoms with E-state index in [1.54, 1.807) is 0 Å². The van der Waals surface area contributed by atoms with Crippen LogP contribution in [0.15, 0.2) is 58.5 Å². The van der Waals surface area contributed by atoms with E-state index in [-0.39, 0.29) is 24.9 Å². The number of nitrogens with one attached hydrogen (secondary N) is 2. The first-order valence-electron chi connectivity index (χ1n) is 11.9. The normalized spacial score (nSPS) is 25.1. The van der Waals surface area contributed by atoms with E-state index in [2.05, 4.69) is 20.6 Å². The van der Waals surface area contributed by atoms with Crippen LogP contribution in [0.1, 0.15) is 18.5 Å². The number of allylic oxidation sites excluding steroid dienone is 3. The van der Waals surface area contributed by atoms with E-state index in [4.69, 9.17) is 10.5 Å². The number of nitrogens with zero attached hydrogens (tertiary/aromatic N) is 3. The zero-order chi connectivity index (χ0) is 27.4. The molecule has 14 heteroatoms. The molecule has 2 aliphatic heterocycles. The van der Waals surface area contributed by atoms with Crippen molar-refractivity contribution in [1.82, 2.24) is 20.5 Å². The van der Waals surface area contributed by atoms with Gasteiger partial charge in [-0.3, -0.25) is 10.7 Å². The van der Waals surface area contributed by atoms with Crippen LogP contribution in [0.5, 0.6) is 5.88 Å². The van der Waals surface area contributed by atoms with Crippen molar-refractivity contribution in [3.8, 4) is 5.88 Å². The Hall–Kier alpha value is -3.52. The smallest absolute Gasteiger partial charge is 0.433 e. The number of halogens is 5. The first kappa shape index (κ1) is 27.5. The van der Waals surface area contributed by atoms with Crippen LogP contribution in [-0.4, -0.2) is 71.5 Å². The molecule has 1 saturated heterocycles. The predicted molar refractivity (Wildman–Crippen MR) is 127 cm³/mol. The monoisotopic (exact) mass is 542 g/mol. The number of hydrogen-bond donors (Lipinski definition) is 4. The Morgan fingerprint density at radius 3 is 2.74 bits per heavy atom. The Morgan fingerprint density at radius 1 is 1.32 bits per heavy atom. The summed E-state index contributed by atoms with van der Waals surface area (Å²) in [6, 6.07) is 1.23. The fourth-order valence-corrected chi connectivity index (χ4v) is 4.40. The highest BCUT2D eigenvalue weighted by atomic mass is 19.4. The lowest BCUT2D eigenvalue weighted by molar-refractivity contribution is -0.141. The van der Waals surface area contributed by atoms with E-state index in [1.807, 2.05) is 0 Å². The second kappa shape index (κ2) is 11.5. The molecule has 9 nitrogen and oxygen atoms in total. The summed E-state index contributed by atoms with van der Waals surface area (Å²) in [5.41, 5.74) is 5.71. The summed E-state index contributed by atoms with van der Waals surface area (Å²) >= 11 is 0. The molecule has 0 saturated carbocycles. The maximum atomic E-state index is 14.0. The first-order valence-corrected chi connectivity index (χ1v) is 11.9. The van der Waals surface area contributed by atoms with Crippen LogP contribution < -0.4 is 21.1 Å². The average molecular weight is 543 g/mol. The number of pyridine rings is 1. The van der Waals surface area contributed by atoms with Gasteiger partial charge in [0.05, 0.1) is 0 Å². The lowest BCUT2D eigenvalue weighted by atomic mass is 9.89. The summed E-state index contributed by atoms with van der Waals surface area (Å²) < 4.78 is 72.0. The second-order valence-electron chi connectivity index (χ2n) is 8.99. The van der Waals surface area contributed by atoms with Gasteiger partial charge >= 0.3 is 12.2 Å². The number of aliphatic imine (C=N–C) groups is 1.